The van der Waals surface area contributed by atoms with Crippen molar-refractivity contribution >= 4 is 7.75 Å². The van der Waals surface area contributed by atoms with Gasteiger partial charge >= 0.3 is 7.75 Å². The number of aliphatic hydroxyl groups is 1. The summed E-state index contributed by atoms with van der Waals surface area (Å²) in [5, 5.41) is 19.6. The van der Waals surface area contributed by atoms with Crippen LogP contribution in [-0.2, 0) is 4.57 Å². The van der Waals surface area contributed by atoms with E-state index in [-0.39, 0.29) is 17.8 Å². The average Bonchev–Trinajstić information content (AvgIpc) is 3.15. The third kappa shape index (κ3) is 3.13. The van der Waals surface area contributed by atoms with Crippen molar-refractivity contribution < 1.29 is 23.8 Å². The van der Waals surface area contributed by atoms with Crippen molar-refractivity contribution in [1.82, 2.24) is 4.67 Å². The Balaban J connectivity index is 1.67. The van der Waals surface area contributed by atoms with E-state index in [4.69, 9.17) is 9.05 Å². The number of rotatable bonds is 5. The van der Waals surface area contributed by atoms with Crippen LogP contribution in [0.5, 0.6) is 17.2 Å². The van der Waals surface area contributed by atoms with Gasteiger partial charge in [-0.25, -0.2) is 4.57 Å². The molecule has 4 rings (SSSR count). The van der Waals surface area contributed by atoms with Crippen LogP contribution < -0.4 is 9.05 Å². The lowest BCUT2D eigenvalue weighted by atomic mass is 9.98. The highest BCUT2D eigenvalue weighted by Crippen LogP contribution is 2.60. The number of para-hydroxylation sites is 1. The molecule has 0 saturated carbocycles. The predicted octanol–water partition coefficient (Wildman–Crippen LogP) is 3.56. The van der Waals surface area contributed by atoms with Gasteiger partial charge in [0, 0.05) is 12.1 Å². The number of benzene rings is 2. The van der Waals surface area contributed by atoms with E-state index in [1.54, 1.807) is 41.1 Å². The Bertz CT molecular complexity index is 782. The SMILES string of the molecule is O=P(Oc1ccccc1)(Oc1ccc(O)cc1)N1[C@H]2CC[C@@H]1[C@H](O)C2. The van der Waals surface area contributed by atoms with E-state index in [1.165, 1.54) is 12.1 Å². The molecule has 0 spiro atoms. The van der Waals surface area contributed by atoms with Gasteiger partial charge in [-0.05, 0) is 55.7 Å². The van der Waals surface area contributed by atoms with Crippen molar-refractivity contribution in [2.75, 3.05) is 0 Å². The first-order valence-electron chi connectivity index (χ1n) is 8.35. The quantitative estimate of drug-likeness (QED) is 0.793. The number of hydrogen-bond acceptors (Lipinski definition) is 5. The molecule has 2 aliphatic rings. The first-order valence-corrected chi connectivity index (χ1v) is 9.85. The third-order valence-electron chi connectivity index (χ3n) is 4.77. The van der Waals surface area contributed by atoms with Gasteiger partial charge in [0.15, 0.2) is 0 Å². The first-order chi connectivity index (χ1) is 12.0. The van der Waals surface area contributed by atoms with Crippen LogP contribution in [0, 0.1) is 0 Å². The fourth-order valence-corrected chi connectivity index (χ4v) is 5.92. The first kappa shape index (κ1) is 16.5. The molecule has 25 heavy (non-hydrogen) atoms. The fraction of sp³-hybridized carbons (Fsp3) is 0.333. The van der Waals surface area contributed by atoms with Crippen molar-refractivity contribution in [1.29, 1.82) is 0 Å². The zero-order valence-electron chi connectivity index (χ0n) is 13.6. The highest BCUT2D eigenvalue weighted by molar-refractivity contribution is 7.52. The van der Waals surface area contributed by atoms with Crippen molar-refractivity contribution in [3.05, 3.63) is 54.6 Å². The van der Waals surface area contributed by atoms with Crippen LogP contribution in [0.2, 0.25) is 0 Å². The van der Waals surface area contributed by atoms with Gasteiger partial charge in [-0.1, -0.05) is 18.2 Å². The van der Waals surface area contributed by atoms with Gasteiger partial charge < -0.3 is 19.3 Å². The second-order valence-electron chi connectivity index (χ2n) is 6.44. The Morgan fingerprint density at radius 2 is 1.60 bits per heavy atom. The topological polar surface area (TPSA) is 79.2 Å². The van der Waals surface area contributed by atoms with Gasteiger partial charge in [0.2, 0.25) is 0 Å². The second kappa shape index (κ2) is 6.37. The fourth-order valence-electron chi connectivity index (χ4n) is 3.68. The normalized spacial score (nSPS) is 27.8. The van der Waals surface area contributed by atoms with E-state index >= 15 is 0 Å². The number of phenols is 1. The van der Waals surface area contributed by atoms with Crippen LogP contribution in [0.1, 0.15) is 19.3 Å². The largest absolute Gasteiger partial charge is 0.516 e. The number of fused-ring (bicyclic) bond motifs is 2. The summed E-state index contributed by atoms with van der Waals surface area (Å²) in [5.74, 6) is 0.895. The van der Waals surface area contributed by atoms with Crippen LogP contribution in [0.3, 0.4) is 0 Å². The minimum absolute atomic E-state index is 0.0216. The lowest BCUT2D eigenvalue weighted by Gasteiger charge is -2.30. The minimum atomic E-state index is -3.72. The third-order valence-corrected chi connectivity index (χ3v) is 6.84. The molecule has 2 fully saturated rings. The Morgan fingerprint density at radius 1 is 0.960 bits per heavy atom. The Hall–Kier alpha value is -2.01. The lowest BCUT2D eigenvalue weighted by molar-refractivity contribution is 0.132. The summed E-state index contributed by atoms with van der Waals surface area (Å²) in [5.41, 5.74) is 0. The van der Waals surface area contributed by atoms with Crippen molar-refractivity contribution in [2.45, 2.75) is 37.5 Å². The highest BCUT2D eigenvalue weighted by Gasteiger charge is 2.56. The zero-order valence-corrected chi connectivity index (χ0v) is 14.5. The average molecular weight is 361 g/mol. The van der Waals surface area contributed by atoms with Gasteiger partial charge in [0.05, 0.1) is 6.10 Å². The second-order valence-corrected chi connectivity index (χ2v) is 8.20. The summed E-state index contributed by atoms with van der Waals surface area (Å²) in [6.07, 6.45) is 1.69. The maximum Gasteiger partial charge on any atom is 0.516 e. The molecule has 2 aromatic rings. The Morgan fingerprint density at radius 3 is 2.16 bits per heavy atom. The molecule has 2 heterocycles. The zero-order chi connectivity index (χ0) is 17.4. The molecule has 0 amide bonds. The molecule has 7 heteroatoms. The number of aliphatic hydroxyl groups excluding tert-OH is 1. The summed E-state index contributed by atoms with van der Waals surface area (Å²) in [6, 6.07) is 14.7. The van der Waals surface area contributed by atoms with E-state index in [0.717, 1.165) is 12.8 Å². The van der Waals surface area contributed by atoms with Crippen LogP contribution >= 0.6 is 7.75 Å². The van der Waals surface area contributed by atoms with Gasteiger partial charge in [0.1, 0.15) is 17.2 Å². The molecular weight excluding hydrogens is 341 g/mol. The van der Waals surface area contributed by atoms with E-state index in [0.29, 0.717) is 17.9 Å². The van der Waals surface area contributed by atoms with E-state index in [2.05, 4.69) is 0 Å². The molecule has 2 N–H and O–H groups in total. The molecule has 2 aliphatic heterocycles. The molecule has 0 aromatic heterocycles. The summed E-state index contributed by atoms with van der Waals surface area (Å²) in [7, 11) is -3.72. The summed E-state index contributed by atoms with van der Waals surface area (Å²) < 4.78 is 27.1. The Labute approximate surface area is 146 Å². The summed E-state index contributed by atoms with van der Waals surface area (Å²) >= 11 is 0. The van der Waals surface area contributed by atoms with Gasteiger partial charge in [-0.15, -0.1) is 0 Å². The minimum Gasteiger partial charge on any atom is -0.508 e. The van der Waals surface area contributed by atoms with E-state index in [9.17, 15) is 14.8 Å². The van der Waals surface area contributed by atoms with Crippen LogP contribution in [0.15, 0.2) is 54.6 Å². The molecule has 0 radical (unpaired) electrons. The maximum atomic E-state index is 13.8. The van der Waals surface area contributed by atoms with Gasteiger partial charge in [0.25, 0.3) is 0 Å². The summed E-state index contributed by atoms with van der Waals surface area (Å²) in [6.45, 7) is 0. The number of phenolic OH excluding ortho intramolecular Hbond substituents is 1. The van der Waals surface area contributed by atoms with E-state index < -0.39 is 13.9 Å². The molecule has 132 valence electrons. The van der Waals surface area contributed by atoms with Crippen LogP contribution in [0.4, 0.5) is 0 Å². The van der Waals surface area contributed by atoms with Crippen molar-refractivity contribution in [3.63, 3.8) is 0 Å². The number of hydrogen-bond donors (Lipinski definition) is 2. The molecular formula is C18H20NO5P. The molecule has 2 aromatic carbocycles. The molecule has 2 saturated heterocycles. The molecule has 2 bridgehead atoms. The molecule has 4 atom stereocenters. The van der Waals surface area contributed by atoms with Gasteiger partial charge in [-0.3, -0.25) is 0 Å². The number of aromatic hydroxyl groups is 1. The van der Waals surface area contributed by atoms with Crippen molar-refractivity contribution in [2.24, 2.45) is 0 Å². The smallest absolute Gasteiger partial charge is 0.508 e. The maximum absolute atomic E-state index is 13.8. The van der Waals surface area contributed by atoms with Gasteiger partial charge in [-0.2, -0.15) is 4.67 Å². The Kier molecular flexibility index (Phi) is 4.20. The predicted molar refractivity (Wildman–Crippen MR) is 92.7 cm³/mol. The monoisotopic (exact) mass is 361 g/mol. The molecule has 0 aliphatic carbocycles. The van der Waals surface area contributed by atoms with Crippen molar-refractivity contribution in [3.8, 4) is 17.2 Å². The van der Waals surface area contributed by atoms with E-state index in [1.807, 2.05) is 6.07 Å². The van der Waals surface area contributed by atoms with Crippen LogP contribution in [0.25, 0.3) is 0 Å². The highest BCUT2D eigenvalue weighted by atomic mass is 31.2. The lowest BCUT2D eigenvalue weighted by Crippen LogP contribution is -2.33. The standard InChI is InChI=1S/C18H20NO5P/c20-14-7-9-16(10-8-14)24-25(22,23-15-4-2-1-3-5-15)19-13-6-11-17(19)18(21)12-13/h1-5,7-10,13,17-18,20-21H,6,11-12H2/t13-,17+,18+,25?/m0/s1. The number of nitrogens with zero attached hydrogens (tertiary/aromatic N) is 1. The molecule has 6 nitrogen and oxygen atoms in total. The van der Waals surface area contributed by atoms with Crippen LogP contribution in [-0.4, -0.2) is 33.1 Å². The summed E-state index contributed by atoms with van der Waals surface area (Å²) in [4.78, 5) is 0. The molecule has 1 unspecified atom stereocenters.